The maximum atomic E-state index is 13.1. The summed E-state index contributed by atoms with van der Waals surface area (Å²) in [5.74, 6) is -1.52. The molecule has 0 spiro atoms. The predicted molar refractivity (Wildman–Crippen MR) is 140 cm³/mol. The molecule has 4 aromatic rings. The van der Waals surface area contributed by atoms with Crippen molar-refractivity contribution in [2.45, 2.75) is 32.7 Å². The van der Waals surface area contributed by atoms with Gasteiger partial charge in [0.2, 0.25) is 0 Å². The number of carbonyl (C=O) groups is 2. The van der Waals surface area contributed by atoms with Crippen LogP contribution in [0.5, 0.6) is 0 Å². The third-order valence-electron chi connectivity index (χ3n) is 6.02. The molecule has 0 saturated carbocycles. The lowest BCUT2D eigenvalue weighted by molar-refractivity contribution is -0.137. The average Bonchev–Trinajstić information content (AvgIpc) is 3.23. The van der Waals surface area contributed by atoms with Crippen molar-refractivity contribution >= 4 is 29.2 Å². The van der Waals surface area contributed by atoms with E-state index in [9.17, 15) is 22.8 Å². The number of aromatic nitrogens is 2. The number of hydrogen-bond donors (Lipinski definition) is 2. The maximum absolute atomic E-state index is 13.1. The molecule has 3 aromatic carbocycles. The number of benzene rings is 3. The topological polar surface area (TPSA) is 93.4 Å². The second-order valence-electron chi connectivity index (χ2n) is 8.71. The minimum atomic E-state index is -4.46. The van der Waals surface area contributed by atoms with Crippen LogP contribution < -0.4 is 5.32 Å². The Morgan fingerprint density at radius 2 is 1.64 bits per heavy atom. The van der Waals surface area contributed by atoms with E-state index >= 15 is 0 Å². The van der Waals surface area contributed by atoms with E-state index in [4.69, 9.17) is 21.4 Å². The molecule has 2 N–H and O–H groups in total. The van der Waals surface area contributed by atoms with Crippen LogP contribution in [0.1, 0.15) is 34.1 Å². The second-order valence-corrected chi connectivity index (χ2v) is 9.15. The number of carbonyl (C=O) groups excluding carboxylic acids is 1. The summed E-state index contributed by atoms with van der Waals surface area (Å²) >= 11 is 6.03. The van der Waals surface area contributed by atoms with Gasteiger partial charge >= 0.3 is 12.1 Å². The predicted octanol–water partition coefficient (Wildman–Crippen LogP) is 6.76. The monoisotopic (exact) mass is 557 g/mol. The van der Waals surface area contributed by atoms with Gasteiger partial charge in [-0.25, -0.2) is 9.48 Å². The number of nitrogens with zero attached hydrogens (tertiary/aromatic N) is 2. The number of hydrogen-bond acceptors (Lipinski definition) is 4. The molecule has 0 radical (unpaired) electrons. The van der Waals surface area contributed by atoms with E-state index in [1.54, 1.807) is 42.8 Å². The van der Waals surface area contributed by atoms with Gasteiger partial charge in [-0.05, 0) is 74.5 Å². The van der Waals surface area contributed by atoms with E-state index in [0.29, 0.717) is 38.9 Å². The van der Waals surface area contributed by atoms with Gasteiger partial charge in [-0.3, -0.25) is 4.79 Å². The van der Waals surface area contributed by atoms with E-state index in [-0.39, 0.29) is 12.2 Å². The van der Waals surface area contributed by atoms with E-state index < -0.39 is 29.7 Å². The lowest BCUT2D eigenvalue weighted by Gasteiger charge is -2.13. The summed E-state index contributed by atoms with van der Waals surface area (Å²) in [6.07, 6.45) is -5.35. The lowest BCUT2D eigenvalue weighted by Crippen LogP contribution is -2.27. The van der Waals surface area contributed by atoms with Gasteiger partial charge in [-0.1, -0.05) is 23.7 Å². The number of alkyl halides is 3. The van der Waals surface area contributed by atoms with Crippen LogP contribution in [-0.2, 0) is 22.3 Å². The summed E-state index contributed by atoms with van der Waals surface area (Å²) in [5.41, 5.74) is 2.62. The molecule has 1 heterocycles. The number of aromatic carboxylic acids is 1. The van der Waals surface area contributed by atoms with Crippen molar-refractivity contribution in [3.05, 3.63) is 100 Å². The molecule has 202 valence electrons. The number of nitrogens with one attached hydrogen (secondary N) is 1. The molecule has 1 unspecified atom stereocenters. The van der Waals surface area contributed by atoms with E-state index in [0.717, 1.165) is 12.1 Å². The Labute approximate surface area is 226 Å². The highest BCUT2D eigenvalue weighted by Gasteiger charge is 2.30. The normalized spacial score (nSPS) is 12.3. The van der Waals surface area contributed by atoms with Crippen molar-refractivity contribution in [2.75, 3.05) is 5.32 Å². The number of carboxylic acids is 1. The fourth-order valence-electron chi connectivity index (χ4n) is 3.82. The van der Waals surface area contributed by atoms with E-state index in [1.165, 1.54) is 36.4 Å². The molecule has 0 aliphatic carbocycles. The molecule has 0 aliphatic rings. The molecule has 11 heteroatoms. The first-order valence-electron chi connectivity index (χ1n) is 11.7. The number of ether oxygens (including phenoxy) is 1. The molecule has 0 aliphatic heterocycles. The van der Waals surface area contributed by atoms with Crippen molar-refractivity contribution in [1.29, 1.82) is 0 Å². The molecule has 4 rings (SSSR count). The molecule has 7 nitrogen and oxygen atoms in total. The van der Waals surface area contributed by atoms with Crippen molar-refractivity contribution in [1.82, 2.24) is 9.78 Å². The Morgan fingerprint density at radius 3 is 2.21 bits per heavy atom. The molecule has 0 saturated heterocycles. The molecule has 1 atom stereocenters. The molecule has 1 aromatic heterocycles. The van der Waals surface area contributed by atoms with Crippen LogP contribution in [0, 0.1) is 6.92 Å². The number of rotatable bonds is 8. The van der Waals surface area contributed by atoms with Gasteiger partial charge in [-0.2, -0.15) is 18.3 Å². The van der Waals surface area contributed by atoms with Crippen LogP contribution in [0.25, 0.3) is 16.9 Å². The smallest absolute Gasteiger partial charge is 0.416 e. The van der Waals surface area contributed by atoms with Crippen molar-refractivity contribution in [3.63, 3.8) is 0 Å². The minimum Gasteiger partial charge on any atom is -0.478 e. The van der Waals surface area contributed by atoms with E-state index in [1.807, 2.05) is 0 Å². The maximum Gasteiger partial charge on any atom is 0.416 e. The highest BCUT2D eigenvalue weighted by Crippen LogP contribution is 2.34. The Bertz CT molecular complexity index is 1480. The zero-order chi connectivity index (χ0) is 28.3. The Hall–Kier alpha value is -4.15. The largest absolute Gasteiger partial charge is 0.478 e. The van der Waals surface area contributed by atoms with Gasteiger partial charge < -0.3 is 15.2 Å². The highest BCUT2D eigenvalue weighted by molar-refractivity contribution is 6.30. The van der Waals surface area contributed by atoms with Gasteiger partial charge in [-0.15, -0.1) is 0 Å². The summed E-state index contributed by atoms with van der Waals surface area (Å²) in [6, 6.07) is 17.3. The standard InChI is InChI=1S/C28H23ClF3N3O4/c1-16-24(15-39-17(2)26(36)33-22-11-5-19(6-12-22)27(37)38)34-35(23-13-9-21(29)10-14-23)25(16)18-3-7-20(8-4-18)28(30,31)32/h3-14,17H,15H2,1-2H3,(H,33,36)(H,37,38). The minimum absolute atomic E-state index is 0.0490. The molecule has 1 amide bonds. The quantitative estimate of drug-likeness (QED) is 0.250. The van der Waals surface area contributed by atoms with Gasteiger partial charge in [0.05, 0.1) is 34.8 Å². The third kappa shape index (κ3) is 6.47. The van der Waals surface area contributed by atoms with Crippen LogP contribution >= 0.6 is 11.6 Å². The number of amides is 1. The van der Waals surface area contributed by atoms with Crippen LogP contribution in [0.4, 0.5) is 18.9 Å². The van der Waals surface area contributed by atoms with E-state index in [2.05, 4.69) is 10.4 Å². The number of anilines is 1. The molecule has 0 bridgehead atoms. The average molecular weight is 558 g/mol. The Kier molecular flexibility index (Phi) is 8.08. The van der Waals surface area contributed by atoms with Crippen LogP contribution in [-0.4, -0.2) is 32.9 Å². The molecule has 0 fully saturated rings. The summed E-state index contributed by atoms with van der Waals surface area (Å²) in [6.45, 7) is 3.29. The third-order valence-corrected chi connectivity index (χ3v) is 6.27. The van der Waals surface area contributed by atoms with Gasteiger partial charge in [0, 0.05) is 21.8 Å². The van der Waals surface area contributed by atoms with Crippen LogP contribution in [0.2, 0.25) is 5.02 Å². The highest BCUT2D eigenvalue weighted by atomic mass is 35.5. The van der Waals surface area contributed by atoms with Gasteiger partial charge in [0.15, 0.2) is 0 Å². The summed E-state index contributed by atoms with van der Waals surface area (Å²) in [5, 5.41) is 16.8. The Balaban J connectivity index is 1.57. The van der Waals surface area contributed by atoms with Crippen molar-refractivity contribution in [3.8, 4) is 16.9 Å². The van der Waals surface area contributed by atoms with Crippen LogP contribution in [0.3, 0.4) is 0 Å². The lowest BCUT2D eigenvalue weighted by atomic mass is 10.0. The summed E-state index contributed by atoms with van der Waals surface area (Å²) in [7, 11) is 0. The first kappa shape index (κ1) is 27.9. The Morgan fingerprint density at radius 1 is 1.03 bits per heavy atom. The zero-order valence-corrected chi connectivity index (χ0v) is 21.5. The molecular formula is C28H23ClF3N3O4. The van der Waals surface area contributed by atoms with Gasteiger partial charge in [0.1, 0.15) is 6.10 Å². The number of carboxylic acid groups (broad SMARTS) is 1. The SMILES string of the molecule is Cc1c(COC(C)C(=O)Nc2ccc(C(=O)O)cc2)nn(-c2ccc(Cl)cc2)c1-c1ccc(C(F)(F)F)cc1. The zero-order valence-electron chi connectivity index (χ0n) is 20.8. The first-order chi connectivity index (χ1) is 18.4. The molecular weight excluding hydrogens is 535 g/mol. The van der Waals surface area contributed by atoms with Crippen LogP contribution in [0.15, 0.2) is 72.8 Å². The van der Waals surface area contributed by atoms with Crippen molar-refractivity contribution in [2.24, 2.45) is 0 Å². The van der Waals surface area contributed by atoms with Crippen molar-refractivity contribution < 1.29 is 32.6 Å². The summed E-state index contributed by atoms with van der Waals surface area (Å²) in [4.78, 5) is 23.6. The first-order valence-corrected chi connectivity index (χ1v) is 12.1. The second kappa shape index (κ2) is 11.3. The summed E-state index contributed by atoms with van der Waals surface area (Å²) < 4.78 is 46.7. The fraction of sp³-hybridized carbons (Fsp3) is 0.179. The van der Waals surface area contributed by atoms with Gasteiger partial charge in [0.25, 0.3) is 5.91 Å². The fourth-order valence-corrected chi connectivity index (χ4v) is 3.95. The molecule has 39 heavy (non-hydrogen) atoms. The number of halogens is 4.